The van der Waals surface area contributed by atoms with Gasteiger partial charge in [0.25, 0.3) is 0 Å². The molecule has 0 unspecified atom stereocenters. The Hall–Kier alpha value is 0.190. The van der Waals surface area contributed by atoms with Gasteiger partial charge in [-0.15, -0.1) is 0 Å². The summed E-state index contributed by atoms with van der Waals surface area (Å²) in [5.41, 5.74) is 6.22. The smallest absolute Gasteiger partial charge is 0.0589 e. The fraction of sp³-hybridized carbons (Fsp3) is 1.00. The van der Waals surface area contributed by atoms with Gasteiger partial charge in [-0.25, -0.2) is 0 Å². The van der Waals surface area contributed by atoms with Gasteiger partial charge in [0.05, 0.1) is 13.2 Å². The average Bonchev–Trinajstić information content (AvgIpc) is 2.39. The summed E-state index contributed by atoms with van der Waals surface area (Å²) in [4.78, 5) is 2.47. The van der Waals surface area contributed by atoms with Crippen molar-refractivity contribution in [2.75, 3.05) is 58.6 Å². The first-order chi connectivity index (χ1) is 8.29. The molecule has 1 aliphatic rings. The minimum atomic E-state index is 0.169. The SMILES string of the molecule is COCCN(CCOC)C1(CN)CCSCC1. The van der Waals surface area contributed by atoms with E-state index in [9.17, 15) is 0 Å². The Morgan fingerprint density at radius 1 is 1.12 bits per heavy atom. The number of methoxy groups -OCH3 is 2. The quantitative estimate of drug-likeness (QED) is 0.701. The van der Waals surface area contributed by atoms with Gasteiger partial charge in [0.15, 0.2) is 0 Å². The summed E-state index contributed by atoms with van der Waals surface area (Å²) in [6, 6.07) is 0. The van der Waals surface area contributed by atoms with Gasteiger partial charge < -0.3 is 15.2 Å². The molecule has 0 aromatic carbocycles. The first-order valence-electron chi connectivity index (χ1n) is 6.30. The summed E-state index contributed by atoms with van der Waals surface area (Å²) in [6.45, 7) is 4.15. The van der Waals surface area contributed by atoms with Gasteiger partial charge in [-0.2, -0.15) is 11.8 Å². The number of hydrogen-bond acceptors (Lipinski definition) is 5. The molecule has 0 aliphatic carbocycles. The Morgan fingerprint density at radius 3 is 2.06 bits per heavy atom. The summed E-state index contributed by atoms with van der Waals surface area (Å²) in [6.07, 6.45) is 2.36. The average molecular weight is 262 g/mol. The third-order valence-corrected chi connectivity index (χ3v) is 4.59. The third kappa shape index (κ3) is 4.41. The monoisotopic (exact) mass is 262 g/mol. The van der Waals surface area contributed by atoms with Gasteiger partial charge in [0, 0.05) is 39.4 Å². The van der Waals surface area contributed by atoms with Crippen LogP contribution < -0.4 is 5.73 Å². The van der Waals surface area contributed by atoms with Crippen LogP contribution in [0.2, 0.25) is 0 Å². The number of hydrogen-bond donors (Lipinski definition) is 1. The van der Waals surface area contributed by atoms with Crippen molar-refractivity contribution in [1.82, 2.24) is 4.90 Å². The van der Waals surface area contributed by atoms with Crippen LogP contribution in [0.5, 0.6) is 0 Å². The highest BCUT2D eigenvalue weighted by molar-refractivity contribution is 7.99. The molecule has 102 valence electrons. The number of rotatable bonds is 8. The van der Waals surface area contributed by atoms with E-state index in [0.29, 0.717) is 0 Å². The summed E-state index contributed by atoms with van der Waals surface area (Å²) in [5.74, 6) is 2.43. The highest BCUT2D eigenvalue weighted by Gasteiger charge is 2.36. The molecule has 0 bridgehead atoms. The van der Waals surface area contributed by atoms with E-state index in [2.05, 4.69) is 4.90 Å². The van der Waals surface area contributed by atoms with E-state index in [1.165, 1.54) is 24.3 Å². The van der Waals surface area contributed by atoms with Crippen LogP contribution in [0.3, 0.4) is 0 Å². The van der Waals surface area contributed by atoms with Gasteiger partial charge in [-0.3, -0.25) is 4.90 Å². The molecule has 0 amide bonds. The molecule has 0 saturated carbocycles. The van der Waals surface area contributed by atoms with Crippen LogP contribution in [0.15, 0.2) is 0 Å². The summed E-state index contributed by atoms with van der Waals surface area (Å²) < 4.78 is 10.4. The van der Waals surface area contributed by atoms with Crippen molar-refractivity contribution in [3.05, 3.63) is 0 Å². The highest BCUT2D eigenvalue weighted by Crippen LogP contribution is 2.31. The van der Waals surface area contributed by atoms with Crippen molar-refractivity contribution in [2.45, 2.75) is 18.4 Å². The molecule has 5 heteroatoms. The zero-order valence-electron chi connectivity index (χ0n) is 11.1. The second kappa shape index (κ2) is 8.32. The first kappa shape index (κ1) is 15.2. The number of thioether (sulfide) groups is 1. The Kier molecular flexibility index (Phi) is 7.46. The largest absolute Gasteiger partial charge is 0.383 e. The Labute approximate surface area is 109 Å². The first-order valence-corrected chi connectivity index (χ1v) is 7.45. The van der Waals surface area contributed by atoms with Gasteiger partial charge in [0.2, 0.25) is 0 Å². The predicted molar refractivity (Wildman–Crippen MR) is 73.7 cm³/mol. The minimum Gasteiger partial charge on any atom is -0.383 e. The molecule has 2 N–H and O–H groups in total. The van der Waals surface area contributed by atoms with Gasteiger partial charge in [-0.1, -0.05) is 0 Å². The fourth-order valence-corrected chi connectivity index (χ4v) is 3.64. The van der Waals surface area contributed by atoms with E-state index < -0.39 is 0 Å². The van der Waals surface area contributed by atoms with Crippen LogP contribution in [0, 0.1) is 0 Å². The molecule has 1 aliphatic heterocycles. The summed E-state index contributed by atoms with van der Waals surface area (Å²) in [7, 11) is 3.50. The second-order valence-corrected chi connectivity index (χ2v) is 5.74. The van der Waals surface area contributed by atoms with E-state index >= 15 is 0 Å². The van der Waals surface area contributed by atoms with Crippen LogP contribution in [-0.4, -0.2) is 69.0 Å². The van der Waals surface area contributed by atoms with Crippen LogP contribution in [0.25, 0.3) is 0 Å². The number of ether oxygens (including phenoxy) is 2. The van der Waals surface area contributed by atoms with E-state index in [1.54, 1.807) is 14.2 Å². The molecule has 0 aromatic rings. The standard InChI is InChI=1S/C12H26N2O2S/c1-15-7-5-14(6-8-16-2)12(11-13)3-9-17-10-4-12/h3-11,13H2,1-2H3. The number of nitrogens with two attached hydrogens (primary N) is 1. The Balaban J connectivity index is 2.61. The van der Waals surface area contributed by atoms with E-state index in [-0.39, 0.29) is 5.54 Å². The maximum Gasteiger partial charge on any atom is 0.0589 e. The molecule has 1 fully saturated rings. The lowest BCUT2D eigenvalue weighted by molar-refractivity contribution is 0.0318. The normalized spacial score (nSPS) is 19.8. The van der Waals surface area contributed by atoms with Crippen LogP contribution in [0.1, 0.15) is 12.8 Å². The second-order valence-electron chi connectivity index (χ2n) is 4.51. The van der Waals surface area contributed by atoms with E-state index in [1.807, 2.05) is 11.8 Å². The van der Waals surface area contributed by atoms with Crippen molar-refractivity contribution < 1.29 is 9.47 Å². The zero-order valence-corrected chi connectivity index (χ0v) is 11.9. The maximum atomic E-state index is 6.05. The van der Waals surface area contributed by atoms with Crippen molar-refractivity contribution in [3.63, 3.8) is 0 Å². The molecular formula is C12H26N2O2S. The Bertz CT molecular complexity index is 191. The molecule has 0 radical (unpaired) electrons. The van der Waals surface area contributed by atoms with Crippen molar-refractivity contribution >= 4 is 11.8 Å². The predicted octanol–water partition coefficient (Wildman–Crippen LogP) is 0.806. The lowest BCUT2D eigenvalue weighted by atomic mass is 9.90. The van der Waals surface area contributed by atoms with Gasteiger partial charge in [-0.05, 0) is 24.3 Å². The highest BCUT2D eigenvalue weighted by atomic mass is 32.2. The van der Waals surface area contributed by atoms with E-state index in [4.69, 9.17) is 15.2 Å². The maximum absolute atomic E-state index is 6.05. The fourth-order valence-electron chi connectivity index (χ4n) is 2.39. The molecular weight excluding hydrogens is 236 g/mol. The summed E-state index contributed by atoms with van der Waals surface area (Å²) >= 11 is 2.03. The molecule has 1 saturated heterocycles. The molecule has 0 atom stereocenters. The molecule has 17 heavy (non-hydrogen) atoms. The lowest BCUT2D eigenvalue weighted by Gasteiger charge is -2.45. The van der Waals surface area contributed by atoms with Crippen LogP contribution in [0.4, 0.5) is 0 Å². The van der Waals surface area contributed by atoms with Crippen molar-refractivity contribution in [1.29, 1.82) is 0 Å². The zero-order chi connectivity index (χ0) is 12.6. The van der Waals surface area contributed by atoms with E-state index in [0.717, 1.165) is 32.8 Å². The lowest BCUT2D eigenvalue weighted by Crippen LogP contribution is -2.57. The molecule has 0 aromatic heterocycles. The Morgan fingerprint density at radius 2 is 1.65 bits per heavy atom. The molecule has 1 heterocycles. The molecule has 4 nitrogen and oxygen atoms in total. The number of nitrogens with zero attached hydrogens (tertiary/aromatic N) is 1. The molecule has 0 spiro atoms. The minimum absolute atomic E-state index is 0.169. The third-order valence-electron chi connectivity index (χ3n) is 3.60. The van der Waals surface area contributed by atoms with Crippen molar-refractivity contribution in [2.24, 2.45) is 5.73 Å². The summed E-state index contributed by atoms with van der Waals surface area (Å²) in [5, 5.41) is 0. The van der Waals surface area contributed by atoms with Gasteiger partial charge >= 0.3 is 0 Å². The van der Waals surface area contributed by atoms with Gasteiger partial charge in [0.1, 0.15) is 0 Å². The van der Waals surface area contributed by atoms with Crippen molar-refractivity contribution in [3.8, 4) is 0 Å². The molecule has 1 rings (SSSR count). The van der Waals surface area contributed by atoms with Crippen LogP contribution >= 0.6 is 11.8 Å². The topological polar surface area (TPSA) is 47.7 Å². The van der Waals surface area contributed by atoms with Crippen LogP contribution in [-0.2, 0) is 9.47 Å².